The average Bonchev–Trinajstić information content (AvgIpc) is 2.78. The molecular weight excluding hydrogens is 420 g/mol. The number of likely N-dealkylation sites (N-methyl/N-ethyl adjacent to an activating group) is 1. The molecule has 0 spiro atoms. The molecule has 0 heterocycles. The van der Waals surface area contributed by atoms with E-state index in [0.29, 0.717) is 40.9 Å². The number of nitrogens with one attached hydrogen (secondary N) is 1. The van der Waals surface area contributed by atoms with Crippen LogP contribution < -0.4 is 19.5 Å². The summed E-state index contributed by atoms with van der Waals surface area (Å²) in [6.07, 6.45) is 1.57. The number of methoxy groups -OCH3 is 3. The molecule has 7 nitrogen and oxygen atoms in total. The first-order valence-corrected chi connectivity index (χ1v) is 10.1. The summed E-state index contributed by atoms with van der Waals surface area (Å²) in [5.41, 5.74) is 0.958. The Bertz CT molecular complexity index is 945. The number of amides is 2. The van der Waals surface area contributed by atoms with E-state index in [1.165, 1.54) is 21.3 Å². The standard InChI is InChI=1S/C23H27ClN2O5/c1-6-26(7-2)23(28)18(25-22(27)16-10-8-9-11-17(16)24)12-15-13-19(29-3)21(31-5)20(14-15)30-4/h8-14H,6-7H2,1-5H3,(H,25,27). The number of ether oxygens (including phenoxy) is 3. The van der Waals surface area contributed by atoms with Crippen molar-refractivity contribution in [2.45, 2.75) is 13.8 Å². The van der Waals surface area contributed by atoms with Gasteiger partial charge in [0, 0.05) is 13.1 Å². The third-order valence-electron chi connectivity index (χ3n) is 4.65. The van der Waals surface area contributed by atoms with Gasteiger partial charge in [0.1, 0.15) is 5.70 Å². The number of hydrogen-bond acceptors (Lipinski definition) is 5. The lowest BCUT2D eigenvalue weighted by Gasteiger charge is -2.21. The van der Waals surface area contributed by atoms with Gasteiger partial charge in [0.2, 0.25) is 5.75 Å². The zero-order chi connectivity index (χ0) is 23.0. The van der Waals surface area contributed by atoms with Gasteiger partial charge in [-0.1, -0.05) is 23.7 Å². The van der Waals surface area contributed by atoms with Crippen LogP contribution in [0.4, 0.5) is 0 Å². The molecule has 1 N–H and O–H groups in total. The molecule has 2 rings (SSSR count). The Morgan fingerprint density at radius 1 is 1.00 bits per heavy atom. The Morgan fingerprint density at radius 2 is 1.58 bits per heavy atom. The van der Waals surface area contributed by atoms with Crippen LogP contribution in [0, 0.1) is 0 Å². The van der Waals surface area contributed by atoms with E-state index in [4.69, 9.17) is 25.8 Å². The molecule has 2 aromatic rings. The van der Waals surface area contributed by atoms with Crippen molar-refractivity contribution in [3.63, 3.8) is 0 Å². The van der Waals surface area contributed by atoms with Gasteiger partial charge < -0.3 is 24.4 Å². The molecule has 0 atom stereocenters. The summed E-state index contributed by atoms with van der Waals surface area (Å²) in [7, 11) is 4.52. The van der Waals surface area contributed by atoms with Gasteiger partial charge in [-0.25, -0.2) is 0 Å². The van der Waals surface area contributed by atoms with E-state index in [1.54, 1.807) is 47.4 Å². The van der Waals surface area contributed by atoms with Gasteiger partial charge in [0.25, 0.3) is 11.8 Å². The Morgan fingerprint density at radius 3 is 2.06 bits per heavy atom. The van der Waals surface area contributed by atoms with Crippen LogP contribution in [0.1, 0.15) is 29.8 Å². The van der Waals surface area contributed by atoms with Crippen LogP contribution in [0.25, 0.3) is 6.08 Å². The number of carbonyl (C=O) groups excluding carboxylic acids is 2. The molecule has 2 amide bonds. The molecule has 0 saturated heterocycles. The van der Waals surface area contributed by atoms with Crippen LogP contribution in [0.2, 0.25) is 5.02 Å². The fraction of sp³-hybridized carbons (Fsp3) is 0.304. The van der Waals surface area contributed by atoms with Gasteiger partial charge in [-0.05, 0) is 49.8 Å². The topological polar surface area (TPSA) is 77.1 Å². The van der Waals surface area contributed by atoms with Crippen LogP contribution in [0.5, 0.6) is 17.2 Å². The molecule has 0 saturated carbocycles. The number of halogens is 1. The summed E-state index contributed by atoms with van der Waals surface area (Å²) < 4.78 is 16.1. The lowest BCUT2D eigenvalue weighted by atomic mass is 10.1. The molecule has 0 unspecified atom stereocenters. The summed E-state index contributed by atoms with van der Waals surface area (Å²) in [5.74, 6) is 0.489. The van der Waals surface area contributed by atoms with E-state index in [0.717, 1.165) is 0 Å². The molecule has 0 aliphatic heterocycles. The first-order chi connectivity index (χ1) is 14.9. The quantitative estimate of drug-likeness (QED) is 0.589. The zero-order valence-corrected chi connectivity index (χ0v) is 19.1. The second-order valence-corrected chi connectivity index (χ2v) is 6.84. The van der Waals surface area contributed by atoms with Crippen molar-refractivity contribution in [2.24, 2.45) is 0 Å². The maximum absolute atomic E-state index is 13.1. The third kappa shape index (κ3) is 5.70. The molecule has 31 heavy (non-hydrogen) atoms. The van der Waals surface area contributed by atoms with Gasteiger partial charge in [-0.2, -0.15) is 0 Å². The SMILES string of the molecule is CCN(CC)C(=O)C(=Cc1cc(OC)c(OC)c(OC)c1)NC(=O)c1ccccc1Cl. The van der Waals surface area contributed by atoms with E-state index in [1.807, 2.05) is 13.8 Å². The zero-order valence-electron chi connectivity index (χ0n) is 18.3. The van der Waals surface area contributed by atoms with Crippen molar-refractivity contribution in [1.82, 2.24) is 10.2 Å². The Labute approximate surface area is 187 Å². The van der Waals surface area contributed by atoms with Crippen LogP contribution in [0.3, 0.4) is 0 Å². The molecule has 0 aliphatic carbocycles. The molecule has 0 aliphatic rings. The smallest absolute Gasteiger partial charge is 0.270 e. The van der Waals surface area contributed by atoms with Crippen molar-refractivity contribution in [3.8, 4) is 17.2 Å². The monoisotopic (exact) mass is 446 g/mol. The van der Waals surface area contributed by atoms with E-state index < -0.39 is 5.91 Å². The van der Waals surface area contributed by atoms with E-state index >= 15 is 0 Å². The predicted octanol–water partition coefficient (Wildman–Crippen LogP) is 4.01. The summed E-state index contributed by atoms with van der Waals surface area (Å²) in [6.45, 7) is 4.72. The minimum Gasteiger partial charge on any atom is -0.493 e. The maximum atomic E-state index is 13.1. The normalized spacial score (nSPS) is 11.0. The fourth-order valence-electron chi connectivity index (χ4n) is 3.02. The predicted molar refractivity (Wildman–Crippen MR) is 121 cm³/mol. The minimum atomic E-state index is -0.482. The maximum Gasteiger partial charge on any atom is 0.270 e. The number of benzene rings is 2. The van der Waals surface area contributed by atoms with Gasteiger partial charge in [0.05, 0.1) is 31.9 Å². The van der Waals surface area contributed by atoms with Crippen molar-refractivity contribution in [2.75, 3.05) is 34.4 Å². The molecule has 0 bridgehead atoms. The highest BCUT2D eigenvalue weighted by molar-refractivity contribution is 6.34. The number of carbonyl (C=O) groups is 2. The van der Waals surface area contributed by atoms with E-state index in [9.17, 15) is 9.59 Å². The van der Waals surface area contributed by atoms with E-state index in [2.05, 4.69) is 5.32 Å². The first kappa shape index (κ1) is 24.1. The Kier molecular flexibility index (Phi) is 8.75. The van der Waals surface area contributed by atoms with Crippen LogP contribution in [0.15, 0.2) is 42.1 Å². The lowest BCUT2D eigenvalue weighted by Crippen LogP contribution is -2.38. The fourth-order valence-corrected chi connectivity index (χ4v) is 3.24. The van der Waals surface area contributed by atoms with Gasteiger partial charge in [-0.3, -0.25) is 9.59 Å². The largest absolute Gasteiger partial charge is 0.493 e. The van der Waals surface area contributed by atoms with Crippen molar-refractivity contribution in [1.29, 1.82) is 0 Å². The van der Waals surface area contributed by atoms with Crippen molar-refractivity contribution < 1.29 is 23.8 Å². The molecular formula is C23H27ClN2O5. The van der Waals surface area contributed by atoms with Crippen LogP contribution in [-0.4, -0.2) is 51.1 Å². The Balaban J connectivity index is 2.54. The van der Waals surface area contributed by atoms with Crippen LogP contribution >= 0.6 is 11.6 Å². The van der Waals surface area contributed by atoms with Gasteiger partial charge in [-0.15, -0.1) is 0 Å². The molecule has 0 aromatic heterocycles. The lowest BCUT2D eigenvalue weighted by molar-refractivity contribution is -0.127. The molecule has 0 radical (unpaired) electrons. The second-order valence-electron chi connectivity index (χ2n) is 6.43. The second kappa shape index (κ2) is 11.3. The minimum absolute atomic E-state index is 0.0999. The summed E-state index contributed by atoms with van der Waals surface area (Å²) >= 11 is 6.15. The third-order valence-corrected chi connectivity index (χ3v) is 4.98. The summed E-state index contributed by atoms with van der Waals surface area (Å²) in [6, 6.07) is 10.0. The number of hydrogen-bond donors (Lipinski definition) is 1. The highest BCUT2D eigenvalue weighted by Gasteiger charge is 2.21. The highest BCUT2D eigenvalue weighted by atomic mass is 35.5. The summed E-state index contributed by atoms with van der Waals surface area (Å²) in [5, 5.41) is 3.00. The summed E-state index contributed by atoms with van der Waals surface area (Å²) in [4.78, 5) is 27.6. The van der Waals surface area contributed by atoms with Gasteiger partial charge in [0.15, 0.2) is 11.5 Å². The molecule has 0 fully saturated rings. The first-order valence-electron chi connectivity index (χ1n) is 9.76. The van der Waals surface area contributed by atoms with Crippen molar-refractivity contribution >= 4 is 29.5 Å². The van der Waals surface area contributed by atoms with Crippen LogP contribution in [-0.2, 0) is 4.79 Å². The molecule has 166 valence electrons. The van der Waals surface area contributed by atoms with Crippen molar-refractivity contribution in [3.05, 3.63) is 58.2 Å². The number of rotatable bonds is 9. The van der Waals surface area contributed by atoms with E-state index in [-0.39, 0.29) is 17.2 Å². The van der Waals surface area contributed by atoms with Gasteiger partial charge >= 0.3 is 0 Å². The number of nitrogens with zero attached hydrogens (tertiary/aromatic N) is 1. The average molecular weight is 447 g/mol. The molecule has 2 aromatic carbocycles. The Hall–Kier alpha value is -3.19. The molecule has 8 heteroatoms. The highest BCUT2D eigenvalue weighted by Crippen LogP contribution is 2.38.